The molecule has 1 amide bonds. The monoisotopic (exact) mass is 328 g/mol. The van der Waals surface area contributed by atoms with Gasteiger partial charge in [-0.15, -0.1) is 0 Å². The SMILES string of the molecule is O=C(CNc1ccc(Cl)cc1)Nc1cc(Cl)ccc1Cl. The van der Waals surface area contributed by atoms with Crippen molar-refractivity contribution in [2.24, 2.45) is 0 Å². The number of rotatable bonds is 4. The zero-order valence-electron chi connectivity index (χ0n) is 10.3. The molecule has 0 atom stereocenters. The maximum atomic E-state index is 11.8. The Hall–Kier alpha value is -1.42. The molecule has 0 radical (unpaired) electrons. The Morgan fingerprint density at radius 1 is 0.950 bits per heavy atom. The molecule has 0 bridgehead atoms. The van der Waals surface area contributed by atoms with Crippen LogP contribution < -0.4 is 10.6 Å². The quantitative estimate of drug-likeness (QED) is 0.854. The van der Waals surface area contributed by atoms with Gasteiger partial charge in [0.2, 0.25) is 5.91 Å². The van der Waals surface area contributed by atoms with Gasteiger partial charge in [-0.05, 0) is 42.5 Å². The largest absolute Gasteiger partial charge is 0.376 e. The van der Waals surface area contributed by atoms with E-state index >= 15 is 0 Å². The molecule has 0 saturated heterocycles. The lowest BCUT2D eigenvalue weighted by atomic mass is 10.3. The van der Waals surface area contributed by atoms with Gasteiger partial charge in [0.25, 0.3) is 0 Å². The third-order valence-electron chi connectivity index (χ3n) is 2.50. The molecule has 3 nitrogen and oxygen atoms in total. The highest BCUT2D eigenvalue weighted by Crippen LogP contribution is 2.25. The first-order valence-corrected chi connectivity index (χ1v) is 6.92. The molecule has 0 fully saturated rings. The van der Waals surface area contributed by atoms with Crippen molar-refractivity contribution in [3.8, 4) is 0 Å². The molecule has 2 N–H and O–H groups in total. The van der Waals surface area contributed by atoms with Crippen molar-refractivity contribution in [3.05, 3.63) is 57.5 Å². The van der Waals surface area contributed by atoms with Gasteiger partial charge in [-0.25, -0.2) is 0 Å². The first-order chi connectivity index (χ1) is 9.54. The molecule has 0 aliphatic carbocycles. The molecule has 0 spiro atoms. The fourth-order valence-corrected chi connectivity index (χ4v) is 2.00. The topological polar surface area (TPSA) is 41.1 Å². The van der Waals surface area contributed by atoms with E-state index in [9.17, 15) is 4.79 Å². The smallest absolute Gasteiger partial charge is 0.243 e. The molecule has 0 aliphatic heterocycles. The summed E-state index contributed by atoms with van der Waals surface area (Å²) in [6.45, 7) is 0.116. The van der Waals surface area contributed by atoms with E-state index in [2.05, 4.69) is 10.6 Å². The number of benzene rings is 2. The summed E-state index contributed by atoms with van der Waals surface area (Å²) in [5.74, 6) is -0.218. The van der Waals surface area contributed by atoms with Gasteiger partial charge in [-0.2, -0.15) is 0 Å². The van der Waals surface area contributed by atoms with E-state index in [1.54, 1.807) is 42.5 Å². The number of amides is 1. The van der Waals surface area contributed by atoms with Crippen LogP contribution in [0.15, 0.2) is 42.5 Å². The second-order valence-electron chi connectivity index (χ2n) is 4.03. The first kappa shape index (κ1) is 15.0. The van der Waals surface area contributed by atoms with Crippen LogP contribution in [-0.2, 0) is 4.79 Å². The Balaban J connectivity index is 1.92. The van der Waals surface area contributed by atoms with Crippen LogP contribution in [-0.4, -0.2) is 12.5 Å². The van der Waals surface area contributed by atoms with Gasteiger partial charge in [-0.1, -0.05) is 34.8 Å². The maximum absolute atomic E-state index is 11.8. The molecule has 2 aromatic rings. The summed E-state index contributed by atoms with van der Waals surface area (Å²) in [4.78, 5) is 11.8. The Bertz CT molecular complexity index is 614. The molecule has 2 aromatic carbocycles. The van der Waals surface area contributed by atoms with E-state index in [0.717, 1.165) is 5.69 Å². The molecular formula is C14H11Cl3N2O. The Kier molecular flexibility index (Phi) is 5.12. The summed E-state index contributed by atoms with van der Waals surface area (Å²) in [7, 11) is 0. The second kappa shape index (κ2) is 6.84. The Morgan fingerprint density at radius 3 is 2.30 bits per heavy atom. The third kappa shape index (κ3) is 4.30. The lowest BCUT2D eigenvalue weighted by Gasteiger charge is -2.09. The lowest BCUT2D eigenvalue weighted by molar-refractivity contribution is -0.114. The normalized spacial score (nSPS) is 10.2. The molecule has 2 rings (SSSR count). The highest BCUT2D eigenvalue weighted by Gasteiger charge is 2.06. The molecule has 0 aliphatic rings. The summed E-state index contributed by atoms with van der Waals surface area (Å²) in [5.41, 5.74) is 1.30. The van der Waals surface area contributed by atoms with Crippen LogP contribution >= 0.6 is 34.8 Å². The second-order valence-corrected chi connectivity index (χ2v) is 5.31. The van der Waals surface area contributed by atoms with Gasteiger partial charge in [-0.3, -0.25) is 4.79 Å². The molecule has 0 heterocycles. The van der Waals surface area contributed by atoms with Gasteiger partial charge in [0.05, 0.1) is 17.3 Å². The number of halogens is 3. The number of hydrogen-bond acceptors (Lipinski definition) is 2. The number of carbonyl (C=O) groups is 1. The number of carbonyl (C=O) groups excluding carboxylic acids is 1. The zero-order valence-corrected chi connectivity index (χ0v) is 12.6. The fourth-order valence-electron chi connectivity index (χ4n) is 1.54. The van der Waals surface area contributed by atoms with Crippen LogP contribution in [0.2, 0.25) is 15.1 Å². The third-order valence-corrected chi connectivity index (χ3v) is 3.32. The molecule has 0 saturated carbocycles. The predicted octanol–water partition coefficient (Wildman–Crippen LogP) is 4.70. The fraction of sp³-hybridized carbons (Fsp3) is 0.0714. The standard InChI is InChI=1S/C14H11Cl3N2O/c15-9-1-4-11(5-2-9)18-8-14(20)19-13-7-10(16)3-6-12(13)17/h1-7,18H,8H2,(H,19,20). The van der Waals surface area contributed by atoms with E-state index in [1.807, 2.05) is 0 Å². The van der Waals surface area contributed by atoms with Crippen LogP contribution in [0.5, 0.6) is 0 Å². The van der Waals surface area contributed by atoms with Gasteiger partial charge in [0.15, 0.2) is 0 Å². The van der Waals surface area contributed by atoms with Crippen molar-refractivity contribution in [3.63, 3.8) is 0 Å². The van der Waals surface area contributed by atoms with Crippen LogP contribution in [0.25, 0.3) is 0 Å². The zero-order chi connectivity index (χ0) is 14.5. The molecule has 20 heavy (non-hydrogen) atoms. The molecule has 0 unspecified atom stereocenters. The van der Waals surface area contributed by atoms with Gasteiger partial charge in [0, 0.05) is 15.7 Å². The van der Waals surface area contributed by atoms with E-state index in [0.29, 0.717) is 20.8 Å². The van der Waals surface area contributed by atoms with Crippen molar-refractivity contribution in [1.29, 1.82) is 0 Å². The highest BCUT2D eigenvalue weighted by atomic mass is 35.5. The summed E-state index contributed by atoms with van der Waals surface area (Å²) in [6.07, 6.45) is 0. The maximum Gasteiger partial charge on any atom is 0.243 e. The number of anilines is 2. The minimum Gasteiger partial charge on any atom is -0.376 e. The van der Waals surface area contributed by atoms with Crippen LogP contribution in [0, 0.1) is 0 Å². The Labute approximate surface area is 131 Å². The minimum atomic E-state index is -0.218. The van der Waals surface area contributed by atoms with Crippen molar-refractivity contribution in [2.75, 3.05) is 17.2 Å². The molecule has 0 aromatic heterocycles. The summed E-state index contributed by atoms with van der Waals surface area (Å²) in [5, 5.41) is 7.26. The predicted molar refractivity (Wildman–Crippen MR) is 85.0 cm³/mol. The summed E-state index contributed by atoms with van der Waals surface area (Å²) in [6, 6.07) is 12.0. The van der Waals surface area contributed by atoms with Crippen LogP contribution in [0.4, 0.5) is 11.4 Å². The van der Waals surface area contributed by atoms with Crippen LogP contribution in [0.3, 0.4) is 0 Å². The van der Waals surface area contributed by atoms with Crippen molar-refractivity contribution < 1.29 is 4.79 Å². The van der Waals surface area contributed by atoms with Crippen molar-refractivity contribution in [2.45, 2.75) is 0 Å². The van der Waals surface area contributed by atoms with Gasteiger partial charge >= 0.3 is 0 Å². The van der Waals surface area contributed by atoms with E-state index in [-0.39, 0.29) is 12.5 Å². The Morgan fingerprint density at radius 2 is 1.60 bits per heavy atom. The highest BCUT2D eigenvalue weighted by molar-refractivity contribution is 6.35. The van der Waals surface area contributed by atoms with Crippen molar-refractivity contribution >= 4 is 52.1 Å². The average molecular weight is 330 g/mol. The van der Waals surface area contributed by atoms with Crippen molar-refractivity contribution in [1.82, 2.24) is 0 Å². The van der Waals surface area contributed by atoms with Gasteiger partial charge in [0.1, 0.15) is 0 Å². The molecule has 104 valence electrons. The average Bonchev–Trinajstić information content (AvgIpc) is 2.42. The first-order valence-electron chi connectivity index (χ1n) is 5.79. The lowest BCUT2D eigenvalue weighted by Crippen LogP contribution is -2.21. The summed E-state index contributed by atoms with van der Waals surface area (Å²) >= 11 is 17.6. The molecular weight excluding hydrogens is 319 g/mol. The van der Waals surface area contributed by atoms with E-state index < -0.39 is 0 Å². The van der Waals surface area contributed by atoms with E-state index in [1.165, 1.54) is 0 Å². The van der Waals surface area contributed by atoms with Gasteiger partial charge < -0.3 is 10.6 Å². The summed E-state index contributed by atoms with van der Waals surface area (Å²) < 4.78 is 0. The molecule has 6 heteroatoms. The number of nitrogens with one attached hydrogen (secondary N) is 2. The van der Waals surface area contributed by atoms with Crippen LogP contribution in [0.1, 0.15) is 0 Å². The number of hydrogen-bond donors (Lipinski definition) is 2. The minimum absolute atomic E-state index is 0.116. The van der Waals surface area contributed by atoms with E-state index in [4.69, 9.17) is 34.8 Å².